The highest BCUT2D eigenvalue weighted by atomic mass is 35.5. The molecule has 11 heteroatoms. The number of ether oxygens (including phenoxy) is 1. The quantitative estimate of drug-likeness (QED) is 0.749. The van der Waals surface area contributed by atoms with E-state index in [9.17, 15) is 27.2 Å². The van der Waals surface area contributed by atoms with Crippen molar-refractivity contribution in [2.45, 2.75) is 18.3 Å². The van der Waals surface area contributed by atoms with Crippen molar-refractivity contribution in [2.75, 3.05) is 6.54 Å². The normalized spacial score (nSPS) is 17.6. The average molecular weight is 418 g/mol. The molecule has 0 bridgehead atoms. The lowest BCUT2D eigenvalue weighted by Gasteiger charge is -2.21. The summed E-state index contributed by atoms with van der Waals surface area (Å²) in [6.45, 7) is -0.0996. The zero-order valence-electron chi connectivity index (χ0n) is 13.9. The molecule has 6 nitrogen and oxygen atoms in total. The predicted molar refractivity (Wildman–Crippen MR) is 88.9 cm³/mol. The van der Waals surface area contributed by atoms with Gasteiger partial charge in [-0.05, 0) is 29.8 Å². The van der Waals surface area contributed by atoms with Gasteiger partial charge in [0.25, 0.3) is 5.91 Å². The fourth-order valence-electron chi connectivity index (χ4n) is 2.56. The van der Waals surface area contributed by atoms with Crippen LogP contribution < -0.4 is 10.6 Å². The van der Waals surface area contributed by atoms with Crippen LogP contribution in [-0.2, 0) is 15.7 Å². The van der Waals surface area contributed by atoms with Crippen molar-refractivity contribution >= 4 is 23.6 Å². The molecule has 2 N–H and O–H groups in total. The van der Waals surface area contributed by atoms with E-state index in [1.807, 2.05) is 0 Å². The van der Waals surface area contributed by atoms with Crippen molar-refractivity contribution in [2.24, 2.45) is 0 Å². The van der Waals surface area contributed by atoms with Gasteiger partial charge in [-0.1, -0.05) is 23.7 Å². The lowest BCUT2D eigenvalue weighted by atomic mass is 10.0. The zero-order valence-corrected chi connectivity index (χ0v) is 14.6. The second-order valence-corrected chi connectivity index (χ2v) is 6.24. The highest BCUT2D eigenvalue weighted by molar-refractivity contribution is 6.30. The van der Waals surface area contributed by atoms with Gasteiger partial charge in [0.05, 0.1) is 23.3 Å². The molecular weight excluding hydrogens is 406 g/mol. The van der Waals surface area contributed by atoms with Gasteiger partial charge in [0.15, 0.2) is 6.10 Å². The van der Waals surface area contributed by atoms with Gasteiger partial charge in [-0.15, -0.1) is 0 Å². The van der Waals surface area contributed by atoms with Gasteiger partial charge in [0, 0.05) is 0 Å². The van der Waals surface area contributed by atoms with Crippen LogP contribution in [0.25, 0.3) is 0 Å². The molecule has 28 heavy (non-hydrogen) atoms. The summed E-state index contributed by atoms with van der Waals surface area (Å²) in [7, 11) is 0. The standard InChI is InChI=1S/C17H12ClF4N3O3/c18-9-6-8(4-5-10(9)19)14(25-15(26)12-7-23-16(27)28-12)11-2-1-3-13(24-11)17(20,21)22/h1-6,12,14H,7H2,(H,23,27)(H,25,26)/t12?,14-/m1/s1. The van der Waals surface area contributed by atoms with Gasteiger partial charge in [0.2, 0.25) is 0 Å². The van der Waals surface area contributed by atoms with Crippen LogP contribution in [0.2, 0.25) is 5.02 Å². The molecular formula is C17H12ClF4N3O3. The second kappa shape index (κ2) is 7.63. The minimum absolute atomic E-state index is 0.0996. The Balaban J connectivity index is 1.98. The monoisotopic (exact) mass is 417 g/mol. The molecule has 148 valence electrons. The average Bonchev–Trinajstić information content (AvgIpc) is 3.08. The van der Waals surface area contributed by atoms with Crippen molar-refractivity contribution in [3.8, 4) is 0 Å². The van der Waals surface area contributed by atoms with Crippen LogP contribution in [-0.4, -0.2) is 29.6 Å². The Morgan fingerprint density at radius 2 is 2.07 bits per heavy atom. The van der Waals surface area contributed by atoms with E-state index < -0.39 is 41.8 Å². The number of cyclic esters (lactones) is 1. The van der Waals surface area contributed by atoms with Gasteiger partial charge < -0.3 is 15.4 Å². The van der Waals surface area contributed by atoms with Gasteiger partial charge in [0.1, 0.15) is 11.5 Å². The summed E-state index contributed by atoms with van der Waals surface area (Å²) in [6, 6.07) is 5.44. The molecule has 1 fully saturated rings. The number of carbonyl (C=O) groups is 2. The van der Waals surface area contributed by atoms with Gasteiger partial charge in [-0.25, -0.2) is 14.2 Å². The number of aromatic nitrogens is 1. The van der Waals surface area contributed by atoms with E-state index in [2.05, 4.69) is 15.6 Å². The van der Waals surface area contributed by atoms with E-state index in [4.69, 9.17) is 16.3 Å². The van der Waals surface area contributed by atoms with E-state index >= 15 is 0 Å². The van der Waals surface area contributed by atoms with Gasteiger partial charge in [-0.2, -0.15) is 13.2 Å². The van der Waals surface area contributed by atoms with Crippen molar-refractivity contribution in [3.63, 3.8) is 0 Å². The molecule has 1 aliphatic rings. The molecule has 2 aromatic rings. The SMILES string of the molecule is O=C1NCC(C(=O)N[C@H](c2ccc(F)c(Cl)c2)c2cccc(C(F)(F)F)n2)O1. The van der Waals surface area contributed by atoms with Crippen molar-refractivity contribution in [1.29, 1.82) is 0 Å². The third kappa shape index (κ3) is 4.33. The fourth-order valence-corrected chi connectivity index (χ4v) is 2.75. The summed E-state index contributed by atoms with van der Waals surface area (Å²) in [4.78, 5) is 27.1. The predicted octanol–water partition coefficient (Wildman–Crippen LogP) is 3.21. The second-order valence-electron chi connectivity index (χ2n) is 5.84. The van der Waals surface area contributed by atoms with Crippen LogP contribution in [0, 0.1) is 5.82 Å². The number of hydrogen-bond donors (Lipinski definition) is 2. The number of amides is 2. The third-order valence-corrected chi connectivity index (χ3v) is 4.18. The smallest absolute Gasteiger partial charge is 0.433 e. The van der Waals surface area contributed by atoms with Crippen LogP contribution in [0.4, 0.5) is 22.4 Å². The largest absolute Gasteiger partial charge is 0.434 e. The molecule has 0 spiro atoms. The Hall–Kier alpha value is -2.88. The van der Waals surface area contributed by atoms with E-state index in [1.54, 1.807) is 0 Å². The number of carbonyl (C=O) groups excluding carboxylic acids is 2. The lowest BCUT2D eigenvalue weighted by molar-refractivity contribution is -0.141. The Kier molecular flexibility index (Phi) is 5.41. The first-order valence-electron chi connectivity index (χ1n) is 7.89. The molecule has 2 amide bonds. The maximum Gasteiger partial charge on any atom is 0.433 e. The van der Waals surface area contributed by atoms with Crippen LogP contribution in [0.15, 0.2) is 36.4 Å². The summed E-state index contributed by atoms with van der Waals surface area (Å²) < 4.78 is 57.3. The number of pyridine rings is 1. The number of nitrogens with zero attached hydrogens (tertiary/aromatic N) is 1. The van der Waals surface area contributed by atoms with Crippen molar-refractivity contribution in [3.05, 3.63) is 64.2 Å². The summed E-state index contributed by atoms with van der Waals surface area (Å²) in [6.07, 6.45) is -6.66. The van der Waals surface area contributed by atoms with Gasteiger partial charge in [-0.3, -0.25) is 4.79 Å². The van der Waals surface area contributed by atoms with Crippen LogP contribution in [0.3, 0.4) is 0 Å². The third-order valence-electron chi connectivity index (χ3n) is 3.89. The molecule has 1 saturated heterocycles. The summed E-state index contributed by atoms with van der Waals surface area (Å²) >= 11 is 5.76. The topological polar surface area (TPSA) is 80.3 Å². The highest BCUT2D eigenvalue weighted by Crippen LogP contribution is 2.30. The fraction of sp³-hybridized carbons (Fsp3) is 0.235. The summed E-state index contributed by atoms with van der Waals surface area (Å²) in [5.41, 5.74) is -1.11. The minimum atomic E-state index is -4.70. The Morgan fingerprint density at radius 1 is 1.32 bits per heavy atom. The number of rotatable bonds is 4. The highest BCUT2D eigenvalue weighted by Gasteiger charge is 2.35. The number of nitrogens with one attached hydrogen (secondary N) is 2. The zero-order chi connectivity index (χ0) is 20.5. The molecule has 1 aromatic heterocycles. The van der Waals surface area contributed by atoms with E-state index in [-0.39, 0.29) is 22.8 Å². The molecule has 2 atom stereocenters. The Bertz CT molecular complexity index is 923. The molecule has 0 aliphatic carbocycles. The maximum absolute atomic E-state index is 13.5. The minimum Gasteiger partial charge on any atom is -0.434 e. The maximum atomic E-state index is 13.5. The van der Waals surface area contributed by atoms with Crippen molar-refractivity contribution < 1.29 is 31.9 Å². The Morgan fingerprint density at radius 3 is 2.68 bits per heavy atom. The summed E-state index contributed by atoms with van der Waals surface area (Å²) in [5.74, 6) is -1.50. The molecule has 1 unspecified atom stereocenters. The van der Waals surface area contributed by atoms with Crippen molar-refractivity contribution in [1.82, 2.24) is 15.6 Å². The first kappa shape index (κ1) is 19.9. The molecule has 0 radical (unpaired) electrons. The van der Waals surface area contributed by atoms with Crippen LogP contribution in [0.1, 0.15) is 23.0 Å². The molecule has 3 rings (SSSR count). The van der Waals surface area contributed by atoms with E-state index in [1.165, 1.54) is 18.2 Å². The number of halogens is 5. The van der Waals surface area contributed by atoms with Gasteiger partial charge >= 0.3 is 12.3 Å². The lowest BCUT2D eigenvalue weighted by Crippen LogP contribution is -2.39. The number of alkyl halides is 3. The molecule has 2 heterocycles. The van der Waals surface area contributed by atoms with Crippen LogP contribution in [0.5, 0.6) is 0 Å². The molecule has 1 aromatic carbocycles. The van der Waals surface area contributed by atoms with E-state index in [0.29, 0.717) is 0 Å². The molecule has 0 saturated carbocycles. The van der Waals surface area contributed by atoms with E-state index in [0.717, 1.165) is 18.2 Å². The summed E-state index contributed by atoms with van der Waals surface area (Å²) in [5, 5.41) is 4.48. The number of benzene rings is 1. The number of alkyl carbamates (subject to hydrolysis) is 1. The first-order chi connectivity index (χ1) is 13.1. The Labute approximate surface area is 160 Å². The number of hydrogen-bond acceptors (Lipinski definition) is 4. The first-order valence-corrected chi connectivity index (χ1v) is 8.27. The van der Waals surface area contributed by atoms with Crippen LogP contribution >= 0.6 is 11.6 Å². The molecule has 1 aliphatic heterocycles.